The van der Waals surface area contributed by atoms with Gasteiger partial charge in [-0.3, -0.25) is 0 Å². The van der Waals surface area contributed by atoms with Crippen molar-refractivity contribution in [2.45, 2.75) is 115 Å². The monoisotopic (exact) mass is 554 g/mol. The van der Waals surface area contributed by atoms with Gasteiger partial charge in [-0.1, -0.05) is 84.0 Å². The molecule has 4 aliphatic rings. The molecular formula is C33H48O3P2. The lowest BCUT2D eigenvalue weighted by molar-refractivity contribution is -0.531. The second-order valence-corrected chi connectivity index (χ2v) is 16.2. The van der Waals surface area contributed by atoms with Crippen molar-refractivity contribution in [1.82, 2.24) is 0 Å². The number of hydrogen-bond donors (Lipinski definition) is 0. The van der Waals surface area contributed by atoms with Gasteiger partial charge in [0.15, 0.2) is 11.6 Å². The number of rotatable bonds is 4. The quantitative estimate of drug-likeness (QED) is 0.355. The molecule has 4 fully saturated rings. The van der Waals surface area contributed by atoms with E-state index in [1.807, 2.05) is 0 Å². The van der Waals surface area contributed by atoms with Gasteiger partial charge in [-0.25, -0.2) is 0 Å². The van der Waals surface area contributed by atoms with Gasteiger partial charge in [-0.15, -0.1) is 18.5 Å². The highest BCUT2D eigenvalue weighted by atomic mass is 31.0. The fraction of sp³-hybridized carbons (Fsp3) is 0.636. The van der Waals surface area contributed by atoms with Gasteiger partial charge >= 0.3 is 0 Å². The predicted octanol–water partition coefficient (Wildman–Crippen LogP) is 8.45. The van der Waals surface area contributed by atoms with Crippen molar-refractivity contribution in [1.29, 1.82) is 0 Å². The summed E-state index contributed by atoms with van der Waals surface area (Å²) in [4.78, 5) is 0. The molecule has 0 spiro atoms. The third kappa shape index (κ3) is 3.72. The first kappa shape index (κ1) is 28.7. The zero-order chi connectivity index (χ0) is 28.2. The molecule has 0 N–H and O–H groups in total. The van der Waals surface area contributed by atoms with Gasteiger partial charge < -0.3 is 14.2 Å². The van der Waals surface area contributed by atoms with Crippen LogP contribution in [0.3, 0.4) is 0 Å². The Labute approximate surface area is 235 Å². The normalized spacial score (nSPS) is 37.1. The molecule has 3 nitrogen and oxygen atoms in total. The molecule has 5 heteroatoms. The Morgan fingerprint density at radius 3 is 1.66 bits per heavy atom. The first-order valence-electron chi connectivity index (χ1n) is 14.1. The largest absolute Gasteiger partial charge is 0.343 e. The standard InChI is InChI=1S/C33H48O3P2/c1-26(2,3)33(38,27(4,5)6)25-18-23(22-14-12-11-13-15-22)16-17-24(25)32(21-37)28(7)19-30(9)35-29(32,8)20-31(10,34-28)36-30/h11-18H,19-21,37-38H2,1-10H3. The van der Waals surface area contributed by atoms with E-state index in [-0.39, 0.29) is 16.0 Å². The van der Waals surface area contributed by atoms with Crippen LogP contribution in [0.4, 0.5) is 0 Å². The van der Waals surface area contributed by atoms with Crippen LogP contribution in [-0.4, -0.2) is 28.9 Å². The Morgan fingerprint density at radius 2 is 1.21 bits per heavy atom. The van der Waals surface area contributed by atoms with E-state index < -0.39 is 28.2 Å². The molecule has 0 radical (unpaired) electrons. The van der Waals surface area contributed by atoms with Crippen LogP contribution in [0.15, 0.2) is 48.5 Å². The summed E-state index contributed by atoms with van der Waals surface area (Å²) >= 11 is 0. The lowest BCUT2D eigenvalue weighted by atomic mass is 9.49. The smallest absolute Gasteiger partial charge is 0.172 e. The Bertz CT molecular complexity index is 1180. The van der Waals surface area contributed by atoms with Crippen molar-refractivity contribution >= 4 is 18.5 Å². The molecule has 4 aliphatic heterocycles. The molecular weight excluding hydrogens is 506 g/mol. The Hall–Kier alpha value is -0.820. The van der Waals surface area contributed by atoms with E-state index in [2.05, 4.69) is 136 Å². The van der Waals surface area contributed by atoms with Crippen LogP contribution in [0.2, 0.25) is 0 Å². The summed E-state index contributed by atoms with van der Waals surface area (Å²) in [5.74, 6) is -1.32. The van der Waals surface area contributed by atoms with Crippen molar-refractivity contribution in [3.63, 3.8) is 0 Å². The fourth-order valence-corrected chi connectivity index (χ4v) is 10.3. The van der Waals surface area contributed by atoms with Gasteiger partial charge in [0.05, 0.1) is 16.6 Å². The van der Waals surface area contributed by atoms with Gasteiger partial charge in [0.25, 0.3) is 0 Å². The molecule has 4 saturated heterocycles. The van der Waals surface area contributed by atoms with Gasteiger partial charge in [0.1, 0.15) is 0 Å². The number of hydrogen-bond acceptors (Lipinski definition) is 3. The van der Waals surface area contributed by atoms with Gasteiger partial charge in [0.2, 0.25) is 0 Å². The average molecular weight is 555 g/mol. The summed E-state index contributed by atoms with van der Waals surface area (Å²) in [6.45, 7) is 23.1. The van der Waals surface area contributed by atoms with E-state index >= 15 is 0 Å². The van der Waals surface area contributed by atoms with Crippen LogP contribution >= 0.6 is 18.5 Å². The summed E-state index contributed by atoms with van der Waals surface area (Å²) in [5.41, 5.74) is 3.77. The third-order valence-electron chi connectivity index (χ3n) is 10.1. The van der Waals surface area contributed by atoms with E-state index in [0.29, 0.717) is 12.8 Å². The maximum Gasteiger partial charge on any atom is 0.172 e. The third-order valence-corrected chi connectivity index (χ3v) is 12.8. The molecule has 6 rings (SSSR count). The van der Waals surface area contributed by atoms with E-state index in [4.69, 9.17) is 14.2 Å². The summed E-state index contributed by atoms with van der Waals surface area (Å²) < 4.78 is 20.5. The van der Waals surface area contributed by atoms with Crippen molar-refractivity contribution < 1.29 is 14.2 Å². The molecule has 0 aromatic heterocycles. The molecule has 2 aromatic carbocycles. The fourth-order valence-electron chi connectivity index (χ4n) is 9.03. The Balaban J connectivity index is 1.87. The molecule has 4 heterocycles. The zero-order valence-electron chi connectivity index (χ0n) is 25.1. The minimum Gasteiger partial charge on any atom is -0.343 e. The topological polar surface area (TPSA) is 27.7 Å². The van der Waals surface area contributed by atoms with Crippen molar-refractivity contribution in [3.8, 4) is 11.1 Å². The highest BCUT2D eigenvalue weighted by Gasteiger charge is 2.78. The number of benzene rings is 2. The lowest BCUT2D eigenvalue weighted by Gasteiger charge is -2.75. The molecule has 0 saturated carbocycles. The highest BCUT2D eigenvalue weighted by molar-refractivity contribution is 7.18. The van der Waals surface area contributed by atoms with Crippen LogP contribution in [-0.2, 0) is 24.8 Å². The van der Waals surface area contributed by atoms with Gasteiger partial charge in [0, 0.05) is 18.0 Å². The first-order valence-corrected chi connectivity index (χ1v) is 15.5. The molecule has 0 aliphatic carbocycles. The van der Waals surface area contributed by atoms with E-state index in [1.54, 1.807) is 0 Å². The summed E-state index contributed by atoms with van der Waals surface area (Å²) in [6, 6.07) is 17.9. The summed E-state index contributed by atoms with van der Waals surface area (Å²) in [7, 11) is 6.45. The van der Waals surface area contributed by atoms with Crippen LogP contribution < -0.4 is 0 Å². The number of ether oxygens (including phenoxy) is 3. The molecule has 4 bridgehead atoms. The molecule has 6 unspecified atom stereocenters. The highest BCUT2D eigenvalue weighted by Crippen LogP contribution is 2.70. The molecule has 208 valence electrons. The second kappa shape index (κ2) is 8.36. The summed E-state index contributed by atoms with van der Waals surface area (Å²) in [6.07, 6.45) is 2.21. The maximum atomic E-state index is 7.02. The average Bonchev–Trinajstić information content (AvgIpc) is 2.75. The molecule has 38 heavy (non-hydrogen) atoms. The summed E-state index contributed by atoms with van der Waals surface area (Å²) in [5, 5.41) is -0.237. The van der Waals surface area contributed by atoms with Crippen LogP contribution in [0.25, 0.3) is 11.1 Å². The van der Waals surface area contributed by atoms with E-state index in [0.717, 1.165) is 6.16 Å². The van der Waals surface area contributed by atoms with Gasteiger partial charge in [-0.2, -0.15) is 0 Å². The van der Waals surface area contributed by atoms with Crippen LogP contribution in [0, 0.1) is 10.8 Å². The molecule has 0 amide bonds. The minimum atomic E-state index is -0.658. The molecule has 6 atom stereocenters. The minimum absolute atomic E-state index is 0.0431. The Kier molecular flexibility index (Phi) is 6.31. The van der Waals surface area contributed by atoms with E-state index in [9.17, 15) is 0 Å². The molecule has 2 aromatic rings. The predicted molar refractivity (Wildman–Crippen MR) is 165 cm³/mol. The van der Waals surface area contributed by atoms with Gasteiger partial charge in [-0.05, 0) is 73.0 Å². The SMILES string of the molecule is CC12CC3(C)OC(C)(CC(C)(O1)C3(CP)c1ccc(-c3ccccc3)cc1C(P)(C(C)(C)C)C(C)(C)C)O2. The van der Waals surface area contributed by atoms with Crippen molar-refractivity contribution in [2.75, 3.05) is 6.16 Å². The second-order valence-electron chi connectivity index (χ2n) is 14.9. The maximum absolute atomic E-state index is 7.02. The van der Waals surface area contributed by atoms with Crippen molar-refractivity contribution in [2.24, 2.45) is 10.8 Å². The van der Waals surface area contributed by atoms with E-state index in [1.165, 1.54) is 22.3 Å². The van der Waals surface area contributed by atoms with Crippen molar-refractivity contribution in [3.05, 3.63) is 59.7 Å². The van der Waals surface area contributed by atoms with Crippen LogP contribution in [0.1, 0.15) is 93.2 Å². The zero-order valence-corrected chi connectivity index (χ0v) is 27.4. The van der Waals surface area contributed by atoms with Crippen LogP contribution in [0.5, 0.6) is 0 Å². The lowest BCUT2D eigenvalue weighted by Crippen LogP contribution is -2.84. The Morgan fingerprint density at radius 1 is 0.711 bits per heavy atom. The first-order chi connectivity index (χ1) is 17.3.